The summed E-state index contributed by atoms with van der Waals surface area (Å²) in [7, 11) is 0. The molecule has 1 N–H and O–H groups in total. The van der Waals surface area contributed by atoms with E-state index in [4.69, 9.17) is 0 Å². The van der Waals surface area contributed by atoms with Gasteiger partial charge in [0, 0.05) is 6.54 Å². The molecule has 18 heavy (non-hydrogen) atoms. The second-order valence-corrected chi connectivity index (χ2v) is 4.83. The predicted molar refractivity (Wildman–Crippen MR) is 71.6 cm³/mol. The Morgan fingerprint density at radius 3 is 3.00 bits per heavy atom. The molecule has 0 spiro atoms. The quantitative estimate of drug-likeness (QED) is 0.919. The summed E-state index contributed by atoms with van der Waals surface area (Å²) >= 11 is 1.15. The minimum Gasteiger partial charge on any atom is -0.347 e. The van der Waals surface area contributed by atoms with Crippen molar-refractivity contribution in [1.29, 1.82) is 0 Å². The first-order valence-electron chi connectivity index (χ1n) is 5.85. The zero-order valence-corrected chi connectivity index (χ0v) is 11.3. The van der Waals surface area contributed by atoms with Crippen LogP contribution in [-0.2, 0) is 13.0 Å². The first kappa shape index (κ1) is 12.7. The third kappa shape index (κ3) is 2.92. The second kappa shape index (κ2) is 5.73. The molecule has 1 heterocycles. The van der Waals surface area contributed by atoms with Gasteiger partial charge in [-0.3, -0.25) is 4.79 Å². The standard InChI is InChI=1S/C13H15N3OS/c1-3-11-12(18-16-15-11)13(17)14-8-10-6-4-5-9(2)7-10/h4-7H,3,8H2,1-2H3,(H,14,17). The molecular formula is C13H15N3OS. The minimum absolute atomic E-state index is 0.0941. The van der Waals surface area contributed by atoms with Crippen LogP contribution in [0.25, 0.3) is 0 Å². The van der Waals surface area contributed by atoms with Gasteiger partial charge in [-0.05, 0) is 30.4 Å². The van der Waals surface area contributed by atoms with Crippen molar-refractivity contribution in [1.82, 2.24) is 14.9 Å². The number of carbonyl (C=O) groups excluding carboxylic acids is 1. The van der Waals surface area contributed by atoms with Gasteiger partial charge in [-0.2, -0.15) is 0 Å². The van der Waals surface area contributed by atoms with Crippen molar-refractivity contribution in [3.63, 3.8) is 0 Å². The number of benzene rings is 1. The summed E-state index contributed by atoms with van der Waals surface area (Å²) in [6, 6.07) is 8.08. The highest BCUT2D eigenvalue weighted by molar-refractivity contribution is 7.08. The Hall–Kier alpha value is -1.75. The van der Waals surface area contributed by atoms with Gasteiger partial charge in [0.2, 0.25) is 0 Å². The fourth-order valence-corrected chi connectivity index (χ4v) is 2.36. The second-order valence-electron chi connectivity index (χ2n) is 4.07. The predicted octanol–water partition coefficient (Wildman–Crippen LogP) is 2.34. The molecule has 0 saturated heterocycles. The molecule has 0 aliphatic rings. The first-order chi connectivity index (χ1) is 8.70. The van der Waals surface area contributed by atoms with Crippen molar-refractivity contribution in [3.05, 3.63) is 46.0 Å². The zero-order chi connectivity index (χ0) is 13.0. The molecule has 1 aromatic heterocycles. The van der Waals surface area contributed by atoms with Crippen LogP contribution >= 0.6 is 11.5 Å². The SMILES string of the molecule is CCc1nnsc1C(=O)NCc1cccc(C)c1. The van der Waals surface area contributed by atoms with Crippen LogP contribution in [0.2, 0.25) is 0 Å². The summed E-state index contributed by atoms with van der Waals surface area (Å²) in [6.07, 6.45) is 0.726. The summed E-state index contributed by atoms with van der Waals surface area (Å²) in [6.45, 7) is 4.53. The molecule has 4 nitrogen and oxygen atoms in total. The average Bonchev–Trinajstić information content (AvgIpc) is 2.84. The number of hydrogen-bond acceptors (Lipinski definition) is 4. The topological polar surface area (TPSA) is 54.9 Å². The van der Waals surface area contributed by atoms with E-state index >= 15 is 0 Å². The smallest absolute Gasteiger partial charge is 0.265 e. The van der Waals surface area contributed by atoms with E-state index in [2.05, 4.69) is 21.0 Å². The largest absolute Gasteiger partial charge is 0.347 e. The highest BCUT2D eigenvalue weighted by Gasteiger charge is 2.14. The Labute approximate surface area is 110 Å². The van der Waals surface area contributed by atoms with Crippen LogP contribution in [0.5, 0.6) is 0 Å². The van der Waals surface area contributed by atoms with Crippen molar-refractivity contribution >= 4 is 17.4 Å². The lowest BCUT2D eigenvalue weighted by Crippen LogP contribution is -2.22. The Bertz CT molecular complexity index is 551. The number of carbonyl (C=O) groups is 1. The number of nitrogens with one attached hydrogen (secondary N) is 1. The van der Waals surface area contributed by atoms with Gasteiger partial charge in [0.1, 0.15) is 4.88 Å². The molecule has 0 fully saturated rings. The van der Waals surface area contributed by atoms with E-state index in [1.54, 1.807) is 0 Å². The maximum Gasteiger partial charge on any atom is 0.265 e. The third-order valence-electron chi connectivity index (χ3n) is 2.63. The van der Waals surface area contributed by atoms with Crippen LogP contribution in [0.1, 0.15) is 33.4 Å². The molecule has 0 unspecified atom stereocenters. The highest BCUT2D eigenvalue weighted by atomic mass is 32.1. The molecule has 0 saturated carbocycles. The van der Waals surface area contributed by atoms with Crippen LogP contribution in [0.15, 0.2) is 24.3 Å². The molecule has 0 radical (unpaired) electrons. The van der Waals surface area contributed by atoms with Gasteiger partial charge in [-0.25, -0.2) is 0 Å². The minimum atomic E-state index is -0.0941. The van der Waals surface area contributed by atoms with Crippen LogP contribution in [0.4, 0.5) is 0 Å². The van der Waals surface area contributed by atoms with E-state index in [1.165, 1.54) is 5.56 Å². The number of nitrogens with zero attached hydrogens (tertiary/aromatic N) is 2. The number of aryl methyl sites for hydroxylation is 2. The van der Waals surface area contributed by atoms with E-state index in [0.717, 1.165) is 29.2 Å². The van der Waals surface area contributed by atoms with Gasteiger partial charge in [0.25, 0.3) is 5.91 Å². The van der Waals surface area contributed by atoms with E-state index in [0.29, 0.717) is 11.4 Å². The molecule has 2 rings (SSSR count). The van der Waals surface area contributed by atoms with Gasteiger partial charge < -0.3 is 5.32 Å². The van der Waals surface area contributed by atoms with Crippen molar-refractivity contribution < 1.29 is 4.79 Å². The Kier molecular flexibility index (Phi) is 4.04. The van der Waals surface area contributed by atoms with Crippen LogP contribution in [0.3, 0.4) is 0 Å². The number of aromatic nitrogens is 2. The maximum absolute atomic E-state index is 12.0. The molecule has 0 aliphatic heterocycles. The fourth-order valence-electron chi connectivity index (χ4n) is 1.70. The molecule has 0 atom stereocenters. The molecule has 1 aromatic carbocycles. The fraction of sp³-hybridized carbons (Fsp3) is 0.308. The monoisotopic (exact) mass is 261 g/mol. The van der Waals surface area contributed by atoms with E-state index in [1.807, 2.05) is 32.0 Å². The third-order valence-corrected chi connectivity index (χ3v) is 3.40. The number of amides is 1. The molecule has 1 amide bonds. The lowest BCUT2D eigenvalue weighted by Gasteiger charge is -2.05. The Balaban J connectivity index is 2.00. The lowest BCUT2D eigenvalue weighted by molar-refractivity contribution is 0.0954. The molecule has 0 aliphatic carbocycles. The van der Waals surface area contributed by atoms with Crippen LogP contribution in [-0.4, -0.2) is 15.5 Å². The van der Waals surface area contributed by atoms with Crippen molar-refractivity contribution in [2.75, 3.05) is 0 Å². The van der Waals surface area contributed by atoms with E-state index in [-0.39, 0.29) is 5.91 Å². The van der Waals surface area contributed by atoms with Crippen molar-refractivity contribution in [2.45, 2.75) is 26.8 Å². The van der Waals surface area contributed by atoms with E-state index in [9.17, 15) is 4.79 Å². The van der Waals surface area contributed by atoms with Gasteiger partial charge in [0.15, 0.2) is 0 Å². The average molecular weight is 261 g/mol. The lowest BCUT2D eigenvalue weighted by atomic mass is 10.1. The Morgan fingerprint density at radius 1 is 1.44 bits per heavy atom. The normalized spacial score (nSPS) is 10.3. The van der Waals surface area contributed by atoms with Crippen molar-refractivity contribution in [3.8, 4) is 0 Å². The zero-order valence-electron chi connectivity index (χ0n) is 10.4. The van der Waals surface area contributed by atoms with Gasteiger partial charge >= 0.3 is 0 Å². The summed E-state index contributed by atoms with van der Waals surface area (Å²) in [5.41, 5.74) is 3.05. The van der Waals surface area contributed by atoms with Gasteiger partial charge in [0.05, 0.1) is 5.69 Å². The van der Waals surface area contributed by atoms with Gasteiger partial charge in [-0.15, -0.1) is 5.10 Å². The molecule has 5 heteroatoms. The maximum atomic E-state index is 12.0. The number of hydrogen-bond donors (Lipinski definition) is 1. The van der Waals surface area contributed by atoms with Gasteiger partial charge in [-0.1, -0.05) is 41.2 Å². The van der Waals surface area contributed by atoms with Crippen LogP contribution in [0, 0.1) is 6.92 Å². The molecule has 2 aromatic rings. The summed E-state index contributed by atoms with van der Waals surface area (Å²) in [5, 5.41) is 6.83. The van der Waals surface area contributed by atoms with E-state index < -0.39 is 0 Å². The summed E-state index contributed by atoms with van der Waals surface area (Å²) < 4.78 is 3.81. The highest BCUT2D eigenvalue weighted by Crippen LogP contribution is 2.11. The first-order valence-corrected chi connectivity index (χ1v) is 6.63. The summed E-state index contributed by atoms with van der Waals surface area (Å²) in [4.78, 5) is 12.6. The van der Waals surface area contributed by atoms with Crippen LogP contribution < -0.4 is 5.32 Å². The number of rotatable bonds is 4. The summed E-state index contributed by atoms with van der Waals surface area (Å²) in [5.74, 6) is -0.0941. The Morgan fingerprint density at radius 2 is 2.28 bits per heavy atom. The molecule has 0 bridgehead atoms. The van der Waals surface area contributed by atoms with Crippen molar-refractivity contribution in [2.24, 2.45) is 0 Å². The molecular weight excluding hydrogens is 246 g/mol. The molecule has 94 valence electrons.